The van der Waals surface area contributed by atoms with Crippen LogP contribution in [-0.4, -0.2) is 33.1 Å². The maximum Gasteiger partial charge on any atom is 0.248 e. The highest BCUT2D eigenvalue weighted by Crippen LogP contribution is 2.47. The Kier molecular flexibility index (Phi) is 9.58. The summed E-state index contributed by atoms with van der Waals surface area (Å²) < 4.78 is 16.3. The van der Waals surface area contributed by atoms with Gasteiger partial charge in [-0.25, -0.2) is 0 Å². The molecule has 0 bridgehead atoms. The molecule has 8 heteroatoms. The van der Waals surface area contributed by atoms with E-state index in [-0.39, 0.29) is 18.2 Å². The van der Waals surface area contributed by atoms with E-state index in [0.717, 1.165) is 43.4 Å². The van der Waals surface area contributed by atoms with Gasteiger partial charge in [-0.2, -0.15) is 0 Å². The molecule has 7 nitrogen and oxygen atoms in total. The lowest BCUT2D eigenvalue weighted by Gasteiger charge is -2.48. The van der Waals surface area contributed by atoms with Crippen LogP contribution in [0.15, 0.2) is 66.7 Å². The fraction of sp³-hybridized carbons (Fsp3) is 0.375. The Bertz CT molecular complexity index is 1310. The van der Waals surface area contributed by atoms with E-state index in [1.54, 1.807) is 56.6 Å². The summed E-state index contributed by atoms with van der Waals surface area (Å²) >= 11 is 6.26. The molecule has 0 saturated heterocycles. The Morgan fingerprint density at radius 1 is 0.875 bits per heavy atom. The molecule has 3 aromatic carbocycles. The van der Waals surface area contributed by atoms with Gasteiger partial charge in [0.15, 0.2) is 17.0 Å². The van der Waals surface area contributed by atoms with Crippen molar-refractivity contribution in [2.24, 2.45) is 11.7 Å². The van der Waals surface area contributed by atoms with Crippen molar-refractivity contribution in [3.63, 3.8) is 0 Å². The predicted octanol–water partition coefficient (Wildman–Crippen LogP) is 6.29. The number of halogens is 1. The van der Waals surface area contributed by atoms with Gasteiger partial charge in [-0.05, 0) is 72.7 Å². The first kappa shape index (κ1) is 29.3. The zero-order valence-corrected chi connectivity index (χ0v) is 24.1. The van der Waals surface area contributed by atoms with Gasteiger partial charge in [0, 0.05) is 23.2 Å². The highest BCUT2D eigenvalue weighted by molar-refractivity contribution is 6.30. The third kappa shape index (κ3) is 5.89. The number of ether oxygens (including phenoxy) is 3. The van der Waals surface area contributed by atoms with Crippen molar-refractivity contribution in [2.75, 3.05) is 26.2 Å². The first-order valence-corrected chi connectivity index (χ1v) is 14.0. The number of carbonyl (C=O) groups excluding carboxylic acids is 2. The summed E-state index contributed by atoms with van der Waals surface area (Å²) in [7, 11) is 4.71. The van der Waals surface area contributed by atoms with Crippen LogP contribution in [0.5, 0.6) is 17.2 Å². The Balaban J connectivity index is 1.88. The average molecular weight is 565 g/mol. The molecule has 1 saturated carbocycles. The smallest absolute Gasteiger partial charge is 0.248 e. The molecule has 1 aliphatic carbocycles. The minimum Gasteiger partial charge on any atom is -0.497 e. The fourth-order valence-electron chi connectivity index (χ4n) is 5.89. The summed E-state index contributed by atoms with van der Waals surface area (Å²) in [6.07, 6.45) is 5.15. The van der Waals surface area contributed by atoms with Crippen LogP contribution in [0.1, 0.15) is 49.7 Å². The molecule has 0 spiro atoms. The quantitative estimate of drug-likeness (QED) is 0.295. The van der Waals surface area contributed by atoms with Gasteiger partial charge < -0.3 is 19.9 Å². The second kappa shape index (κ2) is 13.1. The molecule has 2 amide bonds. The normalized spacial score (nSPS) is 15.1. The molecule has 212 valence electrons. The van der Waals surface area contributed by atoms with Gasteiger partial charge in [0.05, 0.1) is 21.3 Å². The number of benzene rings is 3. The first-order valence-electron chi connectivity index (χ1n) is 13.6. The molecule has 2 N–H and O–H groups in total. The highest BCUT2D eigenvalue weighted by atomic mass is 35.5. The molecule has 0 radical (unpaired) electrons. The van der Waals surface area contributed by atoms with Gasteiger partial charge in [-0.3, -0.25) is 14.5 Å². The summed E-state index contributed by atoms with van der Waals surface area (Å²) in [5.41, 5.74) is 7.08. The van der Waals surface area contributed by atoms with E-state index in [2.05, 4.69) is 0 Å². The summed E-state index contributed by atoms with van der Waals surface area (Å²) in [4.78, 5) is 29.9. The summed E-state index contributed by atoms with van der Waals surface area (Å²) in [5, 5.41) is 0.536. The van der Waals surface area contributed by atoms with E-state index in [1.165, 1.54) is 0 Å². The van der Waals surface area contributed by atoms with Crippen LogP contribution in [0.4, 0.5) is 5.69 Å². The van der Waals surface area contributed by atoms with Gasteiger partial charge in [0.1, 0.15) is 5.75 Å². The number of hydrogen-bond donors (Lipinski definition) is 1. The lowest BCUT2D eigenvalue weighted by atomic mass is 9.69. The maximum atomic E-state index is 14.4. The molecular formula is C32H37ClN2O5. The minimum absolute atomic E-state index is 0.163. The molecule has 3 aromatic rings. The number of aryl methyl sites for hydroxylation is 1. The summed E-state index contributed by atoms with van der Waals surface area (Å²) in [6, 6.07) is 20.0. The highest BCUT2D eigenvalue weighted by Gasteiger charge is 2.53. The van der Waals surface area contributed by atoms with Gasteiger partial charge in [0.25, 0.3) is 0 Å². The summed E-state index contributed by atoms with van der Waals surface area (Å²) in [5.74, 6) is 0.737. The predicted molar refractivity (Wildman–Crippen MR) is 157 cm³/mol. The number of carbonyl (C=O) groups is 2. The number of hydrogen-bond acceptors (Lipinski definition) is 5. The third-order valence-electron chi connectivity index (χ3n) is 7.87. The van der Waals surface area contributed by atoms with Gasteiger partial charge in [-0.15, -0.1) is 0 Å². The molecule has 0 aromatic heterocycles. The Hall–Kier alpha value is -3.71. The Morgan fingerprint density at radius 2 is 1.52 bits per heavy atom. The van der Waals surface area contributed by atoms with Crippen molar-refractivity contribution in [3.8, 4) is 17.2 Å². The standard InChI is InChI=1S/C32H37ClN2O5/c1-38-27-17-9-22(10-18-27)11-20-30(36)35(26-16-19-28(39-2)29(21-26)40-3)32(31(34)37,23-7-5-4-6-8-23)24-12-14-25(33)15-13-24/h9-10,12-19,21,23H,4-8,11,20H2,1-3H3,(H2,34,37). The molecule has 40 heavy (non-hydrogen) atoms. The molecule has 4 rings (SSSR count). The lowest BCUT2D eigenvalue weighted by molar-refractivity contribution is -0.131. The monoisotopic (exact) mass is 564 g/mol. The van der Waals surface area contributed by atoms with E-state index in [4.69, 9.17) is 31.5 Å². The largest absolute Gasteiger partial charge is 0.497 e. The van der Waals surface area contributed by atoms with Crippen molar-refractivity contribution >= 4 is 29.1 Å². The first-order chi connectivity index (χ1) is 19.3. The molecule has 1 fully saturated rings. The van der Waals surface area contributed by atoms with E-state index in [1.807, 2.05) is 36.4 Å². The molecule has 1 unspecified atom stereocenters. The van der Waals surface area contributed by atoms with Crippen LogP contribution < -0.4 is 24.8 Å². The van der Waals surface area contributed by atoms with Gasteiger partial charge in [0.2, 0.25) is 11.8 Å². The van der Waals surface area contributed by atoms with E-state index < -0.39 is 11.4 Å². The van der Waals surface area contributed by atoms with Crippen LogP contribution in [0.3, 0.4) is 0 Å². The number of rotatable bonds is 11. The Labute approximate surface area is 241 Å². The van der Waals surface area contributed by atoms with E-state index in [0.29, 0.717) is 34.2 Å². The van der Waals surface area contributed by atoms with Crippen LogP contribution in [0, 0.1) is 5.92 Å². The number of amides is 2. The molecule has 1 aliphatic rings. The molecule has 0 heterocycles. The molecular weight excluding hydrogens is 528 g/mol. The molecule has 0 aliphatic heterocycles. The van der Waals surface area contributed by atoms with E-state index in [9.17, 15) is 9.59 Å². The van der Waals surface area contributed by atoms with Crippen molar-refractivity contribution in [1.29, 1.82) is 0 Å². The second-order valence-electron chi connectivity index (χ2n) is 10.1. The average Bonchev–Trinajstić information content (AvgIpc) is 2.99. The van der Waals surface area contributed by atoms with E-state index >= 15 is 0 Å². The maximum absolute atomic E-state index is 14.4. The zero-order chi connectivity index (χ0) is 28.7. The number of primary amides is 1. The van der Waals surface area contributed by atoms with Crippen molar-refractivity contribution in [3.05, 3.63) is 82.9 Å². The van der Waals surface area contributed by atoms with Crippen LogP contribution >= 0.6 is 11.6 Å². The Morgan fingerprint density at radius 3 is 2.10 bits per heavy atom. The van der Waals surface area contributed by atoms with Crippen LogP contribution in [0.2, 0.25) is 5.02 Å². The SMILES string of the molecule is COc1ccc(CCC(=O)N(c2ccc(OC)c(OC)c2)C(C(N)=O)(c2ccc(Cl)cc2)C2CCCCC2)cc1. The fourth-order valence-corrected chi connectivity index (χ4v) is 6.01. The number of nitrogens with two attached hydrogens (primary N) is 1. The lowest BCUT2D eigenvalue weighted by Crippen LogP contribution is -2.62. The zero-order valence-electron chi connectivity index (χ0n) is 23.3. The van der Waals surface area contributed by atoms with Crippen LogP contribution in [0.25, 0.3) is 0 Å². The van der Waals surface area contributed by atoms with Crippen molar-refractivity contribution < 1.29 is 23.8 Å². The van der Waals surface area contributed by atoms with Crippen LogP contribution in [-0.2, 0) is 21.5 Å². The topological polar surface area (TPSA) is 91.1 Å². The summed E-state index contributed by atoms with van der Waals surface area (Å²) in [6.45, 7) is 0. The number of anilines is 1. The number of nitrogens with zero attached hydrogens (tertiary/aromatic N) is 1. The van der Waals surface area contributed by atoms with Crippen molar-refractivity contribution in [1.82, 2.24) is 0 Å². The van der Waals surface area contributed by atoms with Gasteiger partial charge in [-0.1, -0.05) is 55.1 Å². The second-order valence-corrected chi connectivity index (χ2v) is 10.5. The molecule has 1 atom stereocenters. The van der Waals surface area contributed by atoms with Gasteiger partial charge >= 0.3 is 0 Å². The number of methoxy groups -OCH3 is 3. The third-order valence-corrected chi connectivity index (χ3v) is 8.12. The minimum atomic E-state index is -1.43. The van der Waals surface area contributed by atoms with Crippen molar-refractivity contribution in [2.45, 2.75) is 50.5 Å².